The number of ether oxygens (including phenoxy) is 1. The zero-order valence-corrected chi connectivity index (χ0v) is 25.0. The second-order valence-electron chi connectivity index (χ2n) is 13.6. The van der Waals surface area contributed by atoms with Gasteiger partial charge in [-0.1, -0.05) is 72.8 Å². The minimum Gasteiger partial charge on any atom is -0.448 e. The van der Waals surface area contributed by atoms with E-state index in [1.165, 1.54) is 22.3 Å². The van der Waals surface area contributed by atoms with E-state index in [2.05, 4.69) is 48.5 Å². The quantitative estimate of drug-likeness (QED) is 0.385. The fourth-order valence-corrected chi connectivity index (χ4v) is 7.59. The van der Waals surface area contributed by atoms with Crippen molar-refractivity contribution in [2.45, 2.75) is 94.6 Å². The molecule has 1 amide bonds. The van der Waals surface area contributed by atoms with Gasteiger partial charge in [0.1, 0.15) is 6.61 Å². The molecule has 6 nitrogen and oxygen atoms in total. The Morgan fingerprint density at radius 3 is 2.05 bits per heavy atom. The van der Waals surface area contributed by atoms with Crippen LogP contribution in [0.4, 0.5) is 4.79 Å². The van der Waals surface area contributed by atoms with Gasteiger partial charge in [0, 0.05) is 30.8 Å². The lowest BCUT2D eigenvalue weighted by Crippen LogP contribution is -2.59. The van der Waals surface area contributed by atoms with Crippen LogP contribution in [0.5, 0.6) is 0 Å². The number of nitrogens with zero attached hydrogens (tertiary/aromatic N) is 1. The summed E-state index contributed by atoms with van der Waals surface area (Å²) < 4.78 is 18.7. The van der Waals surface area contributed by atoms with Gasteiger partial charge in [0.25, 0.3) is 0 Å². The van der Waals surface area contributed by atoms with Crippen molar-refractivity contribution < 1.29 is 23.9 Å². The molecular weight excluding hydrogens is 525 g/mol. The fourth-order valence-electron chi connectivity index (χ4n) is 7.59. The standard InChI is InChI=1S/C35H40BNO5/c1-33(2)34(3,4)42-36(41-33)24-12-9-11-23(19-24)35(39)20-25-13-10-14-26(21-35)37(25)32(38)40-22-31-29-17-7-5-15-27(29)28-16-6-8-18-30(28)31/h5-9,11-12,15-19,25-26,31,39H,10,13-14,20-22H2,1-4H3. The van der Waals surface area contributed by atoms with Crippen molar-refractivity contribution in [3.05, 3.63) is 89.5 Å². The Labute approximate surface area is 249 Å². The Kier molecular flexibility index (Phi) is 6.57. The predicted octanol–water partition coefficient (Wildman–Crippen LogP) is 6.14. The number of carbonyl (C=O) groups is 1. The van der Waals surface area contributed by atoms with Crippen LogP contribution in [-0.4, -0.2) is 53.1 Å². The highest BCUT2D eigenvalue weighted by atomic mass is 16.7. The number of hydrogen-bond acceptors (Lipinski definition) is 5. The summed E-state index contributed by atoms with van der Waals surface area (Å²) in [4.78, 5) is 15.6. The molecule has 3 fully saturated rings. The lowest BCUT2D eigenvalue weighted by molar-refractivity contribution is -0.0890. The molecule has 218 valence electrons. The van der Waals surface area contributed by atoms with E-state index in [4.69, 9.17) is 14.0 Å². The van der Waals surface area contributed by atoms with E-state index >= 15 is 0 Å². The number of rotatable bonds is 4. The number of hydrogen-bond donors (Lipinski definition) is 1. The maximum Gasteiger partial charge on any atom is 0.494 e. The normalized spacial score (nSPS) is 27.5. The molecule has 3 aromatic carbocycles. The largest absolute Gasteiger partial charge is 0.494 e. The number of fused-ring (bicyclic) bond motifs is 5. The van der Waals surface area contributed by atoms with Gasteiger partial charge in [-0.05, 0) is 80.2 Å². The summed E-state index contributed by atoms with van der Waals surface area (Å²) in [6, 6.07) is 24.7. The average molecular weight is 566 g/mol. The zero-order valence-electron chi connectivity index (χ0n) is 25.0. The second-order valence-corrected chi connectivity index (χ2v) is 13.6. The van der Waals surface area contributed by atoms with Gasteiger partial charge >= 0.3 is 13.2 Å². The minimum atomic E-state index is -1.03. The maximum atomic E-state index is 13.7. The Morgan fingerprint density at radius 1 is 0.881 bits per heavy atom. The monoisotopic (exact) mass is 565 g/mol. The molecule has 7 rings (SSSR count). The lowest BCUT2D eigenvalue weighted by Gasteiger charge is -2.51. The van der Waals surface area contributed by atoms with Gasteiger partial charge in [-0.15, -0.1) is 0 Å². The van der Waals surface area contributed by atoms with Crippen molar-refractivity contribution in [3.63, 3.8) is 0 Å². The van der Waals surface area contributed by atoms with E-state index in [1.807, 2.05) is 56.9 Å². The van der Waals surface area contributed by atoms with Crippen LogP contribution in [0.15, 0.2) is 72.8 Å². The molecule has 1 aliphatic carbocycles. The van der Waals surface area contributed by atoms with Crippen LogP contribution in [0.2, 0.25) is 0 Å². The van der Waals surface area contributed by atoms with Gasteiger partial charge in [-0.25, -0.2) is 4.79 Å². The van der Waals surface area contributed by atoms with Gasteiger partial charge in [0.15, 0.2) is 0 Å². The van der Waals surface area contributed by atoms with Crippen LogP contribution < -0.4 is 5.46 Å². The summed E-state index contributed by atoms with van der Waals surface area (Å²) in [6.45, 7) is 8.49. The van der Waals surface area contributed by atoms with Crippen LogP contribution in [0.3, 0.4) is 0 Å². The van der Waals surface area contributed by atoms with Gasteiger partial charge in [0.2, 0.25) is 0 Å². The van der Waals surface area contributed by atoms with Crippen molar-refractivity contribution in [1.82, 2.24) is 4.90 Å². The van der Waals surface area contributed by atoms with E-state index in [0.717, 1.165) is 30.3 Å². The van der Waals surface area contributed by atoms with E-state index in [-0.39, 0.29) is 24.1 Å². The van der Waals surface area contributed by atoms with Gasteiger partial charge in [-0.2, -0.15) is 0 Å². The molecular formula is C35H40BNO5. The van der Waals surface area contributed by atoms with E-state index < -0.39 is 23.9 Å². The molecule has 0 aromatic heterocycles. The molecule has 3 heterocycles. The first-order valence-electron chi connectivity index (χ1n) is 15.4. The molecule has 3 aromatic rings. The average Bonchev–Trinajstić information content (AvgIpc) is 3.40. The zero-order chi connectivity index (χ0) is 29.3. The number of aliphatic hydroxyl groups is 1. The first kappa shape index (κ1) is 27.7. The third kappa shape index (κ3) is 4.48. The van der Waals surface area contributed by atoms with Crippen molar-refractivity contribution >= 4 is 18.7 Å². The minimum absolute atomic E-state index is 0.0284. The smallest absolute Gasteiger partial charge is 0.448 e. The summed E-state index contributed by atoms with van der Waals surface area (Å²) in [5.41, 5.74) is 4.72. The topological polar surface area (TPSA) is 68.2 Å². The molecule has 0 radical (unpaired) electrons. The molecule has 0 spiro atoms. The van der Waals surface area contributed by atoms with E-state index in [1.54, 1.807) is 0 Å². The Bertz CT molecular complexity index is 1440. The molecule has 2 atom stereocenters. The third-order valence-electron chi connectivity index (χ3n) is 10.5. The highest BCUT2D eigenvalue weighted by Crippen LogP contribution is 2.47. The molecule has 42 heavy (non-hydrogen) atoms. The lowest BCUT2D eigenvalue weighted by atomic mass is 9.70. The van der Waals surface area contributed by atoms with Crippen LogP contribution in [0.25, 0.3) is 11.1 Å². The SMILES string of the molecule is CC1(C)OB(c2cccc(C3(O)CC4CCCC(C3)N4C(=O)OCC3c4ccccc4-c4ccccc43)c2)OC1(C)C. The summed E-state index contributed by atoms with van der Waals surface area (Å²) in [7, 11) is -0.487. The van der Waals surface area contributed by atoms with Crippen LogP contribution in [0.1, 0.15) is 82.4 Å². The molecule has 0 saturated carbocycles. The maximum absolute atomic E-state index is 13.7. The molecule has 4 aliphatic rings. The van der Waals surface area contributed by atoms with Crippen LogP contribution >= 0.6 is 0 Å². The first-order chi connectivity index (χ1) is 20.1. The highest BCUT2D eigenvalue weighted by molar-refractivity contribution is 6.62. The Hall–Kier alpha value is -3.13. The van der Waals surface area contributed by atoms with Crippen molar-refractivity contribution in [1.29, 1.82) is 0 Å². The van der Waals surface area contributed by atoms with E-state index in [9.17, 15) is 9.90 Å². The van der Waals surface area contributed by atoms with Crippen LogP contribution in [0, 0.1) is 0 Å². The highest BCUT2D eigenvalue weighted by Gasteiger charge is 2.53. The number of benzene rings is 3. The molecule has 3 aliphatic heterocycles. The Morgan fingerprint density at radius 2 is 1.45 bits per heavy atom. The number of carbonyl (C=O) groups excluding carboxylic acids is 1. The third-order valence-corrected chi connectivity index (χ3v) is 10.5. The summed E-state index contributed by atoms with van der Waals surface area (Å²) in [6.07, 6.45) is 3.48. The van der Waals surface area contributed by atoms with Crippen LogP contribution in [-0.2, 0) is 19.6 Å². The van der Waals surface area contributed by atoms with Crippen molar-refractivity contribution in [3.8, 4) is 11.1 Å². The van der Waals surface area contributed by atoms with Gasteiger partial charge < -0.3 is 24.1 Å². The summed E-state index contributed by atoms with van der Waals surface area (Å²) in [5.74, 6) is 0.0284. The van der Waals surface area contributed by atoms with E-state index in [0.29, 0.717) is 19.4 Å². The number of amides is 1. The van der Waals surface area contributed by atoms with Gasteiger partial charge in [-0.3, -0.25) is 0 Å². The summed E-state index contributed by atoms with van der Waals surface area (Å²) in [5, 5.41) is 12.1. The molecule has 2 bridgehead atoms. The molecule has 1 N–H and O–H groups in total. The van der Waals surface area contributed by atoms with Gasteiger partial charge in [0.05, 0.1) is 16.8 Å². The van der Waals surface area contributed by atoms with Crippen molar-refractivity contribution in [2.24, 2.45) is 0 Å². The van der Waals surface area contributed by atoms with Crippen molar-refractivity contribution in [2.75, 3.05) is 6.61 Å². The first-order valence-corrected chi connectivity index (χ1v) is 15.4. The Balaban J connectivity index is 1.08. The fraction of sp³-hybridized carbons (Fsp3) is 0.457. The number of piperidine rings is 2. The second kappa shape index (κ2) is 9.97. The predicted molar refractivity (Wildman–Crippen MR) is 164 cm³/mol. The molecule has 2 unspecified atom stereocenters. The molecule has 3 saturated heterocycles. The molecule has 7 heteroatoms. The summed E-state index contributed by atoms with van der Waals surface area (Å²) >= 11 is 0.